The summed E-state index contributed by atoms with van der Waals surface area (Å²) in [5, 5.41) is 3.56. The van der Waals surface area contributed by atoms with Gasteiger partial charge in [0.1, 0.15) is 12.1 Å². The van der Waals surface area contributed by atoms with Crippen molar-refractivity contribution < 1.29 is 0 Å². The molecule has 0 aromatic carbocycles. The highest BCUT2D eigenvalue weighted by Gasteiger charge is 2.19. The molecule has 1 N–H and O–H groups in total. The van der Waals surface area contributed by atoms with Gasteiger partial charge in [0.2, 0.25) is 0 Å². The first-order chi connectivity index (χ1) is 7.75. The number of nitrogens with one attached hydrogen (secondary N) is 1. The number of nitrogens with zero attached hydrogens (tertiary/aromatic N) is 2. The van der Waals surface area contributed by atoms with Gasteiger partial charge in [-0.25, -0.2) is 9.97 Å². The third-order valence-corrected chi connectivity index (χ3v) is 3.50. The molecule has 2 atom stereocenters. The molecule has 1 heterocycles. The molecule has 1 aliphatic carbocycles. The maximum Gasteiger partial charge on any atom is 0.129 e. The topological polar surface area (TPSA) is 37.8 Å². The summed E-state index contributed by atoms with van der Waals surface area (Å²) < 4.78 is 0. The number of aromatic nitrogens is 2. The largest absolute Gasteiger partial charge is 0.367 e. The van der Waals surface area contributed by atoms with Crippen LogP contribution >= 0.6 is 0 Å². The lowest BCUT2D eigenvalue weighted by atomic mass is 9.97. The molecule has 0 spiro atoms. The van der Waals surface area contributed by atoms with E-state index in [0.29, 0.717) is 6.04 Å². The number of anilines is 1. The summed E-state index contributed by atoms with van der Waals surface area (Å²) in [5.41, 5.74) is 1.03. The molecule has 0 saturated heterocycles. The summed E-state index contributed by atoms with van der Waals surface area (Å²) >= 11 is 0. The van der Waals surface area contributed by atoms with Crippen molar-refractivity contribution in [3.05, 3.63) is 18.1 Å². The Balaban J connectivity index is 2.02. The molecule has 1 fully saturated rings. The number of hydrogen-bond donors (Lipinski definition) is 1. The van der Waals surface area contributed by atoms with Crippen LogP contribution in [0.15, 0.2) is 12.4 Å². The van der Waals surface area contributed by atoms with E-state index < -0.39 is 0 Å². The van der Waals surface area contributed by atoms with Crippen LogP contribution in [0, 0.1) is 12.8 Å². The fourth-order valence-electron chi connectivity index (χ4n) is 2.43. The average Bonchev–Trinajstić information content (AvgIpc) is 2.45. The fourth-order valence-corrected chi connectivity index (χ4v) is 2.43. The zero-order chi connectivity index (χ0) is 11.4. The highest BCUT2D eigenvalue weighted by Crippen LogP contribution is 2.25. The minimum Gasteiger partial charge on any atom is -0.367 e. The van der Waals surface area contributed by atoms with E-state index in [0.717, 1.165) is 17.4 Å². The molecule has 0 aliphatic heterocycles. The number of rotatable bonds is 2. The monoisotopic (exact) mass is 219 g/mol. The highest BCUT2D eigenvalue weighted by atomic mass is 15.0. The molecule has 88 valence electrons. The van der Waals surface area contributed by atoms with E-state index in [1.807, 2.05) is 13.0 Å². The van der Waals surface area contributed by atoms with E-state index in [2.05, 4.69) is 22.2 Å². The molecule has 0 bridgehead atoms. The van der Waals surface area contributed by atoms with Gasteiger partial charge < -0.3 is 5.32 Å². The van der Waals surface area contributed by atoms with Crippen LogP contribution in [0.5, 0.6) is 0 Å². The Morgan fingerprint density at radius 2 is 2.00 bits per heavy atom. The molecule has 0 amide bonds. The summed E-state index contributed by atoms with van der Waals surface area (Å²) in [5.74, 6) is 1.73. The Kier molecular flexibility index (Phi) is 3.75. The van der Waals surface area contributed by atoms with Crippen LogP contribution in [0.25, 0.3) is 0 Å². The van der Waals surface area contributed by atoms with Gasteiger partial charge in [0, 0.05) is 17.8 Å². The second kappa shape index (κ2) is 5.28. The molecule has 1 aromatic rings. The van der Waals surface area contributed by atoms with Gasteiger partial charge in [-0.1, -0.05) is 26.2 Å². The van der Waals surface area contributed by atoms with E-state index >= 15 is 0 Å². The lowest BCUT2D eigenvalue weighted by Crippen LogP contribution is -2.26. The first-order valence-electron chi connectivity index (χ1n) is 6.31. The van der Waals surface area contributed by atoms with Gasteiger partial charge >= 0.3 is 0 Å². The first kappa shape index (κ1) is 11.4. The summed E-state index contributed by atoms with van der Waals surface area (Å²) in [6.45, 7) is 4.35. The van der Waals surface area contributed by atoms with Crippen molar-refractivity contribution in [3.63, 3.8) is 0 Å². The quantitative estimate of drug-likeness (QED) is 0.776. The maximum atomic E-state index is 4.28. The minimum absolute atomic E-state index is 0.580. The van der Waals surface area contributed by atoms with Gasteiger partial charge in [-0.05, 0) is 25.7 Å². The van der Waals surface area contributed by atoms with Crippen molar-refractivity contribution >= 4 is 5.82 Å². The maximum absolute atomic E-state index is 4.28. The highest BCUT2D eigenvalue weighted by molar-refractivity contribution is 5.35. The van der Waals surface area contributed by atoms with Gasteiger partial charge in [-0.2, -0.15) is 0 Å². The van der Waals surface area contributed by atoms with Crippen molar-refractivity contribution in [2.45, 2.75) is 52.0 Å². The second-order valence-electron chi connectivity index (χ2n) is 4.91. The number of aryl methyl sites for hydroxylation is 1. The van der Waals surface area contributed by atoms with E-state index in [4.69, 9.17) is 0 Å². The van der Waals surface area contributed by atoms with Crippen molar-refractivity contribution in [2.24, 2.45) is 5.92 Å². The summed E-state index contributed by atoms with van der Waals surface area (Å²) in [7, 11) is 0. The van der Waals surface area contributed by atoms with Crippen LogP contribution < -0.4 is 5.32 Å². The van der Waals surface area contributed by atoms with E-state index in [1.165, 1.54) is 32.1 Å². The summed E-state index contributed by atoms with van der Waals surface area (Å²) in [6, 6.07) is 2.61. The standard InChI is InChI=1S/C13H21N3/c1-10-6-4-3-5-7-12(10)16-13-8-11(2)14-9-15-13/h8-10,12H,3-7H2,1-2H3,(H,14,15,16). The van der Waals surface area contributed by atoms with Crippen molar-refractivity contribution in [1.29, 1.82) is 0 Å². The van der Waals surface area contributed by atoms with Gasteiger partial charge in [-0.3, -0.25) is 0 Å². The van der Waals surface area contributed by atoms with Gasteiger partial charge in [0.15, 0.2) is 0 Å². The Morgan fingerprint density at radius 1 is 1.19 bits per heavy atom. The molecule has 2 unspecified atom stereocenters. The van der Waals surface area contributed by atoms with Crippen LogP contribution in [-0.4, -0.2) is 16.0 Å². The first-order valence-corrected chi connectivity index (χ1v) is 6.31. The van der Waals surface area contributed by atoms with E-state index in [9.17, 15) is 0 Å². The molecule has 3 nitrogen and oxygen atoms in total. The van der Waals surface area contributed by atoms with Gasteiger partial charge in [-0.15, -0.1) is 0 Å². The Hall–Kier alpha value is -1.12. The van der Waals surface area contributed by atoms with E-state index in [-0.39, 0.29) is 0 Å². The van der Waals surface area contributed by atoms with Gasteiger partial charge in [0.25, 0.3) is 0 Å². The lowest BCUT2D eigenvalue weighted by Gasteiger charge is -2.23. The zero-order valence-electron chi connectivity index (χ0n) is 10.2. The van der Waals surface area contributed by atoms with Crippen LogP contribution in [0.3, 0.4) is 0 Å². The zero-order valence-corrected chi connectivity index (χ0v) is 10.2. The molecule has 16 heavy (non-hydrogen) atoms. The number of hydrogen-bond acceptors (Lipinski definition) is 3. The van der Waals surface area contributed by atoms with Crippen LogP contribution in [0.2, 0.25) is 0 Å². The van der Waals surface area contributed by atoms with Crippen molar-refractivity contribution in [1.82, 2.24) is 9.97 Å². The average molecular weight is 219 g/mol. The van der Waals surface area contributed by atoms with E-state index in [1.54, 1.807) is 6.33 Å². The lowest BCUT2D eigenvalue weighted by molar-refractivity contribution is 0.455. The molecule has 2 rings (SSSR count). The third kappa shape index (κ3) is 2.94. The SMILES string of the molecule is Cc1cc(NC2CCCCCC2C)ncn1. The predicted molar refractivity (Wildman–Crippen MR) is 66.4 cm³/mol. The second-order valence-corrected chi connectivity index (χ2v) is 4.91. The molecule has 1 aliphatic rings. The predicted octanol–water partition coefficient (Wildman–Crippen LogP) is 3.17. The van der Waals surface area contributed by atoms with Crippen LogP contribution in [0.1, 0.15) is 44.7 Å². The summed E-state index contributed by atoms with van der Waals surface area (Å²) in [4.78, 5) is 8.40. The molecular formula is C13H21N3. The molecular weight excluding hydrogens is 198 g/mol. The molecule has 1 saturated carbocycles. The minimum atomic E-state index is 0.580. The van der Waals surface area contributed by atoms with Gasteiger partial charge in [0.05, 0.1) is 0 Å². The fraction of sp³-hybridized carbons (Fsp3) is 0.692. The normalized spacial score (nSPS) is 26.1. The third-order valence-electron chi connectivity index (χ3n) is 3.50. The Morgan fingerprint density at radius 3 is 2.81 bits per heavy atom. The molecule has 0 radical (unpaired) electrons. The molecule has 3 heteroatoms. The van der Waals surface area contributed by atoms with Crippen LogP contribution in [-0.2, 0) is 0 Å². The van der Waals surface area contributed by atoms with Crippen molar-refractivity contribution in [3.8, 4) is 0 Å². The molecule has 1 aromatic heterocycles. The van der Waals surface area contributed by atoms with Crippen molar-refractivity contribution in [2.75, 3.05) is 5.32 Å². The smallest absolute Gasteiger partial charge is 0.129 e. The Labute approximate surface area is 97.7 Å². The summed E-state index contributed by atoms with van der Waals surface area (Å²) in [6.07, 6.45) is 8.34. The Bertz CT molecular complexity index is 338. The van der Waals surface area contributed by atoms with Crippen LogP contribution in [0.4, 0.5) is 5.82 Å².